The van der Waals surface area contributed by atoms with E-state index < -0.39 is 6.04 Å². The van der Waals surface area contributed by atoms with E-state index in [2.05, 4.69) is 32.7 Å². The largest absolute Gasteiger partial charge is 0.370 e. The summed E-state index contributed by atoms with van der Waals surface area (Å²) in [6.45, 7) is 5.71. The molecule has 1 aromatic rings. The zero-order chi connectivity index (χ0) is 20.9. The maximum Gasteiger partial charge on any atom is 0.246 e. The van der Waals surface area contributed by atoms with Crippen LogP contribution >= 0.6 is 0 Å². The van der Waals surface area contributed by atoms with E-state index in [-0.39, 0.29) is 11.8 Å². The molecule has 0 saturated heterocycles. The van der Waals surface area contributed by atoms with Gasteiger partial charge in [0.15, 0.2) is 0 Å². The van der Waals surface area contributed by atoms with Crippen molar-refractivity contribution in [2.75, 3.05) is 46.1 Å². The Morgan fingerprint density at radius 2 is 2.11 bits per heavy atom. The van der Waals surface area contributed by atoms with E-state index in [1.165, 1.54) is 11.0 Å². The number of aromatic amines is 1. The van der Waals surface area contributed by atoms with Crippen molar-refractivity contribution in [1.29, 1.82) is 0 Å². The molecule has 1 aromatic heterocycles. The highest BCUT2D eigenvalue weighted by atomic mass is 16.2. The minimum absolute atomic E-state index is 0.172. The minimum Gasteiger partial charge on any atom is -0.370 e. The summed E-state index contributed by atoms with van der Waals surface area (Å²) in [5.41, 5.74) is 0.835. The first-order chi connectivity index (χ1) is 13.4. The lowest BCUT2D eigenvalue weighted by Crippen LogP contribution is -2.45. The molecule has 1 heterocycles. The van der Waals surface area contributed by atoms with E-state index in [4.69, 9.17) is 0 Å². The molecule has 0 aliphatic carbocycles. The smallest absolute Gasteiger partial charge is 0.246 e. The molecule has 0 radical (unpaired) electrons. The molecule has 8 heteroatoms. The number of amides is 2. The van der Waals surface area contributed by atoms with Gasteiger partial charge in [-0.05, 0) is 34.4 Å². The first-order valence-electron chi connectivity index (χ1n) is 9.48. The lowest BCUT2D eigenvalue weighted by molar-refractivity contribution is -0.135. The van der Waals surface area contributed by atoms with Gasteiger partial charge in [-0.3, -0.25) is 14.7 Å². The zero-order valence-electron chi connectivity index (χ0n) is 17.5. The molecule has 0 unspecified atom stereocenters. The van der Waals surface area contributed by atoms with Crippen LogP contribution in [0.5, 0.6) is 0 Å². The summed E-state index contributed by atoms with van der Waals surface area (Å²) in [7, 11) is 5.48. The molecule has 0 saturated carbocycles. The van der Waals surface area contributed by atoms with Crippen LogP contribution < -0.4 is 10.6 Å². The second-order valence-electron chi connectivity index (χ2n) is 6.68. The quantitative estimate of drug-likeness (QED) is 0.317. The Balaban J connectivity index is 2.34. The van der Waals surface area contributed by atoms with Crippen molar-refractivity contribution in [3.63, 3.8) is 0 Å². The highest BCUT2D eigenvalue weighted by molar-refractivity contribution is 5.92. The van der Waals surface area contributed by atoms with E-state index in [0.717, 1.165) is 24.3 Å². The summed E-state index contributed by atoms with van der Waals surface area (Å²) < 4.78 is 0. The predicted molar refractivity (Wildman–Crippen MR) is 112 cm³/mol. The third kappa shape index (κ3) is 8.27. The number of carbonyl (C=O) groups is 2. The number of likely N-dealkylation sites (N-methyl/N-ethyl adjacent to an activating group) is 2. The van der Waals surface area contributed by atoms with Crippen molar-refractivity contribution >= 4 is 17.6 Å². The highest BCUT2D eigenvalue weighted by Gasteiger charge is 2.20. The van der Waals surface area contributed by atoms with Crippen LogP contribution in [-0.4, -0.2) is 78.6 Å². The molecule has 0 aliphatic heterocycles. The third-order valence-electron chi connectivity index (χ3n) is 4.03. The van der Waals surface area contributed by atoms with Crippen molar-refractivity contribution in [2.45, 2.75) is 32.7 Å². The van der Waals surface area contributed by atoms with E-state index in [1.807, 2.05) is 25.9 Å². The molecular weight excluding hydrogens is 356 g/mol. The van der Waals surface area contributed by atoms with Gasteiger partial charge in [-0.2, -0.15) is 5.10 Å². The fourth-order valence-corrected chi connectivity index (χ4v) is 2.23. The molecule has 1 rings (SSSR count). The van der Waals surface area contributed by atoms with Crippen LogP contribution in [0.1, 0.15) is 32.3 Å². The fourth-order valence-electron chi connectivity index (χ4n) is 2.23. The number of carbonyl (C=O) groups excluding carboxylic acids is 2. The first kappa shape index (κ1) is 23.2. The Morgan fingerprint density at radius 1 is 1.36 bits per heavy atom. The standard InChI is InChI=1S/C20H32N6O2/c1-6-21-19-17(15-23-24-19)11-8-7-9-13-22-20(28)16(2)26(5)18(27)12-10-14-25(3)4/h10,12,15-16H,6-7,9,13-14H2,1-5H3,(H,22,28)(H2,21,23,24)/b12-10+/t16-/m0/s1. The average molecular weight is 389 g/mol. The molecule has 154 valence electrons. The van der Waals surface area contributed by atoms with Gasteiger partial charge < -0.3 is 20.4 Å². The van der Waals surface area contributed by atoms with Crippen molar-refractivity contribution in [3.05, 3.63) is 23.9 Å². The Morgan fingerprint density at radius 3 is 2.79 bits per heavy atom. The molecule has 2 amide bonds. The van der Waals surface area contributed by atoms with Crippen LogP contribution in [0.15, 0.2) is 18.3 Å². The summed E-state index contributed by atoms with van der Waals surface area (Å²) in [4.78, 5) is 27.7. The fraction of sp³-hybridized carbons (Fsp3) is 0.550. The van der Waals surface area contributed by atoms with E-state index in [0.29, 0.717) is 19.5 Å². The van der Waals surface area contributed by atoms with E-state index in [1.54, 1.807) is 26.2 Å². The normalized spacial score (nSPS) is 11.8. The predicted octanol–water partition coefficient (Wildman–Crippen LogP) is 1.05. The van der Waals surface area contributed by atoms with Gasteiger partial charge in [-0.1, -0.05) is 17.9 Å². The van der Waals surface area contributed by atoms with Gasteiger partial charge in [0.1, 0.15) is 11.9 Å². The second-order valence-corrected chi connectivity index (χ2v) is 6.68. The lowest BCUT2D eigenvalue weighted by Gasteiger charge is -2.23. The van der Waals surface area contributed by atoms with Gasteiger partial charge in [0.2, 0.25) is 11.8 Å². The molecule has 1 atom stereocenters. The van der Waals surface area contributed by atoms with Gasteiger partial charge in [-0.15, -0.1) is 0 Å². The summed E-state index contributed by atoms with van der Waals surface area (Å²) in [5, 5.41) is 12.8. The molecule has 0 bridgehead atoms. The van der Waals surface area contributed by atoms with E-state index in [9.17, 15) is 9.59 Å². The molecule has 8 nitrogen and oxygen atoms in total. The van der Waals surface area contributed by atoms with Crippen LogP contribution in [0.2, 0.25) is 0 Å². The maximum absolute atomic E-state index is 12.2. The number of unbranched alkanes of at least 4 members (excludes halogenated alkanes) is 1. The Bertz CT molecular complexity index is 714. The van der Waals surface area contributed by atoms with Gasteiger partial charge >= 0.3 is 0 Å². The van der Waals surface area contributed by atoms with Crippen molar-refractivity contribution < 1.29 is 9.59 Å². The Labute approximate surface area is 167 Å². The lowest BCUT2D eigenvalue weighted by atomic mass is 10.2. The molecule has 3 N–H and O–H groups in total. The summed E-state index contributed by atoms with van der Waals surface area (Å²) in [6.07, 6.45) is 6.36. The Kier molecular flexibility index (Phi) is 10.4. The topological polar surface area (TPSA) is 93.4 Å². The van der Waals surface area contributed by atoms with Crippen molar-refractivity contribution in [3.8, 4) is 11.8 Å². The van der Waals surface area contributed by atoms with Crippen LogP contribution in [0.4, 0.5) is 5.82 Å². The van der Waals surface area contributed by atoms with Crippen molar-refractivity contribution in [1.82, 2.24) is 25.3 Å². The highest BCUT2D eigenvalue weighted by Crippen LogP contribution is 2.08. The number of nitrogens with one attached hydrogen (secondary N) is 3. The van der Waals surface area contributed by atoms with E-state index >= 15 is 0 Å². The van der Waals surface area contributed by atoms with Crippen LogP contribution in [0.25, 0.3) is 0 Å². The number of hydrogen-bond acceptors (Lipinski definition) is 5. The maximum atomic E-state index is 12.2. The average Bonchev–Trinajstić information content (AvgIpc) is 3.10. The zero-order valence-corrected chi connectivity index (χ0v) is 17.5. The third-order valence-corrected chi connectivity index (χ3v) is 4.03. The number of nitrogens with zero attached hydrogens (tertiary/aromatic N) is 3. The summed E-state index contributed by atoms with van der Waals surface area (Å²) in [5.74, 6) is 6.61. The van der Waals surface area contributed by atoms with Crippen LogP contribution in [0, 0.1) is 11.8 Å². The second kappa shape index (κ2) is 12.6. The molecule has 28 heavy (non-hydrogen) atoms. The minimum atomic E-state index is -0.531. The van der Waals surface area contributed by atoms with Crippen LogP contribution in [-0.2, 0) is 9.59 Å². The molecule has 0 aromatic carbocycles. The monoisotopic (exact) mass is 388 g/mol. The van der Waals surface area contributed by atoms with Gasteiger partial charge in [0.25, 0.3) is 0 Å². The summed E-state index contributed by atoms with van der Waals surface area (Å²) >= 11 is 0. The molecule has 0 spiro atoms. The number of hydrogen-bond donors (Lipinski definition) is 3. The van der Waals surface area contributed by atoms with Gasteiger partial charge in [0, 0.05) is 39.2 Å². The molecule has 0 aliphatic rings. The SMILES string of the molecule is CCNc1[nH]ncc1C#CCCCNC(=O)[C@H](C)N(C)C(=O)/C=C/CN(C)C. The van der Waals surface area contributed by atoms with Gasteiger partial charge in [0.05, 0.1) is 11.8 Å². The number of rotatable bonds is 10. The van der Waals surface area contributed by atoms with Crippen molar-refractivity contribution in [2.24, 2.45) is 0 Å². The number of anilines is 1. The number of H-pyrrole nitrogens is 1. The molecular formula is C20H32N6O2. The summed E-state index contributed by atoms with van der Waals surface area (Å²) in [6, 6.07) is -0.531. The van der Waals surface area contributed by atoms with Gasteiger partial charge in [-0.25, -0.2) is 0 Å². The van der Waals surface area contributed by atoms with Crippen LogP contribution in [0.3, 0.4) is 0 Å². The Hall–Kier alpha value is -2.79. The molecule has 0 fully saturated rings. The first-order valence-corrected chi connectivity index (χ1v) is 9.48. The number of aromatic nitrogens is 2.